The van der Waals surface area contributed by atoms with Gasteiger partial charge in [0, 0.05) is 39.6 Å². The van der Waals surface area contributed by atoms with E-state index in [1.54, 1.807) is 19.0 Å². The molecule has 31 heavy (non-hydrogen) atoms. The van der Waals surface area contributed by atoms with Crippen LogP contribution in [0.3, 0.4) is 0 Å². The van der Waals surface area contributed by atoms with Crippen molar-refractivity contribution in [3.8, 4) is 0 Å². The first-order valence-corrected chi connectivity index (χ1v) is 11.3. The Bertz CT molecular complexity index is 930. The van der Waals surface area contributed by atoms with Crippen molar-refractivity contribution in [1.29, 1.82) is 0 Å². The van der Waals surface area contributed by atoms with Gasteiger partial charge in [-0.3, -0.25) is 4.79 Å². The van der Waals surface area contributed by atoms with Crippen LogP contribution in [0, 0.1) is 12.8 Å². The van der Waals surface area contributed by atoms with Crippen molar-refractivity contribution >= 4 is 11.9 Å². The number of urea groups is 1. The maximum atomic E-state index is 13.8. The number of amides is 3. The van der Waals surface area contributed by atoms with Gasteiger partial charge in [0.25, 0.3) is 0 Å². The van der Waals surface area contributed by atoms with Crippen molar-refractivity contribution in [3.63, 3.8) is 0 Å². The van der Waals surface area contributed by atoms with Gasteiger partial charge in [-0.05, 0) is 49.3 Å². The zero-order valence-corrected chi connectivity index (χ0v) is 18.9. The van der Waals surface area contributed by atoms with Gasteiger partial charge in [0.05, 0.1) is 6.04 Å². The quantitative estimate of drug-likeness (QED) is 0.737. The maximum absolute atomic E-state index is 13.8. The van der Waals surface area contributed by atoms with Crippen molar-refractivity contribution in [1.82, 2.24) is 14.7 Å². The molecule has 1 aliphatic carbocycles. The molecule has 1 unspecified atom stereocenters. The van der Waals surface area contributed by atoms with Crippen LogP contribution in [0.25, 0.3) is 0 Å². The highest BCUT2D eigenvalue weighted by molar-refractivity contribution is 5.80. The van der Waals surface area contributed by atoms with Crippen LogP contribution in [0.5, 0.6) is 0 Å². The molecule has 1 fully saturated rings. The molecule has 1 aliphatic heterocycles. The van der Waals surface area contributed by atoms with Gasteiger partial charge in [-0.2, -0.15) is 0 Å². The van der Waals surface area contributed by atoms with Gasteiger partial charge < -0.3 is 14.7 Å². The van der Waals surface area contributed by atoms with Crippen LogP contribution in [-0.4, -0.2) is 53.8 Å². The minimum atomic E-state index is -0.0237. The molecular formula is C26H33N3O2. The smallest absolute Gasteiger partial charge is 0.319 e. The van der Waals surface area contributed by atoms with Crippen LogP contribution < -0.4 is 0 Å². The van der Waals surface area contributed by atoms with E-state index in [4.69, 9.17) is 0 Å². The van der Waals surface area contributed by atoms with Crippen LogP contribution in [0.2, 0.25) is 0 Å². The molecule has 0 saturated carbocycles. The lowest BCUT2D eigenvalue weighted by Gasteiger charge is -2.37. The maximum Gasteiger partial charge on any atom is 0.319 e. The van der Waals surface area contributed by atoms with Crippen molar-refractivity contribution < 1.29 is 9.59 Å². The number of aryl methyl sites for hydroxylation is 2. The predicted octanol–water partition coefficient (Wildman–Crippen LogP) is 4.40. The van der Waals surface area contributed by atoms with E-state index in [0.29, 0.717) is 19.6 Å². The third kappa shape index (κ3) is 4.60. The van der Waals surface area contributed by atoms with E-state index in [-0.39, 0.29) is 23.9 Å². The summed E-state index contributed by atoms with van der Waals surface area (Å²) in [6.45, 7) is 4.01. The average molecular weight is 420 g/mol. The molecule has 4 rings (SSSR count). The zero-order chi connectivity index (χ0) is 22.0. The Labute approximate surface area is 185 Å². The summed E-state index contributed by atoms with van der Waals surface area (Å²) in [6, 6.07) is 17.2. The Hall–Kier alpha value is -2.82. The first kappa shape index (κ1) is 21.4. The molecule has 1 heterocycles. The third-order valence-corrected chi connectivity index (χ3v) is 6.73. The standard InChI is InChI=1S/C26H33N3O2/c1-19-8-10-20(11-9-19)18-29(24-13-12-21-6-4-5-7-23(21)24)25(30)22-14-16-28(17-15-22)26(31)27(2)3/h4-11,22,24H,12-18H2,1-3H3. The minimum absolute atomic E-state index is 0.0237. The molecular weight excluding hydrogens is 386 g/mol. The fourth-order valence-electron chi connectivity index (χ4n) is 4.93. The lowest BCUT2D eigenvalue weighted by atomic mass is 9.93. The van der Waals surface area contributed by atoms with E-state index >= 15 is 0 Å². The number of benzene rings is 2. The predicted molar refractivity (Wildman–Crippen MR) is 123 cm³/mol. The Kier molecular flexibility index (Phi) is 6.30. The molecule has 3 amide bonds. The Morgan fingerprint density at radius 1 is 0.968 bits per heavy atom. The average Bonchev–Trinajstić information content (AvgIpc) is 3.22. The number of likely N-dealkylation sites (tertiary alicyclic amines) is 1. The summed E-state index contributed by atoms with van der Waals surface area (Å²) in [5.74, 6) is 0.212. The van der Waals surface area contributed by atoms with Crippen molar-refractivity contribution in [2.24, 2.45) is 5.92 Å². The monoisotopic (exact) mass is 419 g/mol. The van der Waals surface area contributed by atoms with Gasteiger partial charge in [0.2, 0.25) is 5.91 Å². The highest BCUT2D eigenvalue weighted by atomic mass is 16.2. The summed E-state index contributed by atoms with van der Waals surface area (Å²) in [6.07, 6.45) is 3.47. The summed E-state index contributed by atoms with van der Waals surface area (Å²) >= 11 is 0. The second-order valence-corrected chi connectivity index (χ2v) is 9.14. The fraction of sp³-hybridized carbons (Fsp3) is 0.462. The lowest BCUT2D eigenvalue weighted by Crippen LogP contribution is -2.47. The third-order valence-electron chi connectivity index (χ3n) is 6.73. The molecule has 0 bridgehead atoms. The van der Waals surface area contributed by atoms with E-state index in [1.807, 2.05) is 4.90 Å². The first-order valence-electron chi connectivity index (χ1n) is 11.3. The molecule has 0 spiro atoms. The molecule has 164 valence electrons. The lowest BCUT2D eigenvalue weighted by molar-refractivity contribution is -0.140. The van der Waals surface area contributed by atoms with Gasteiger partial charge in [-0.15, -0.1) is 0 Å². The van der Waals surface area contributed by atoms with Gasteiger partial charge in [-0.25, -0.2) is 4.79 Å². The van der Waals surface area contributed by atoms with E-state index in [1.165, 1.54) is 22.3 Å². The normalized spacial score (nSPS) is 18.5. The molecule has 0 radical (unpaired) electrons. The van der Waals surface area contributed by atoms with E-state index in [9.17, 15) is 9.59 Å². The number of nitrogens with zero attached hydrogens (tertiary/aromatic N) is 3. The van der Waals surface area contributed by atoms with Gasteiger partial charge in [-0.1, -0.05) is 54.1 Å². The number of carbonyl (C=O) groups is 2. The molecule has 1 atom stereocenters. The number of carbonyl (C=O) groups excluding carboxylic acids is 2. The highest BCUT2D eigenvalue weighted by Gasteiger charge is 2.36. The molecule has 0 N–H and O–H groups in total. The minimum Gasteiger partial charge on any atom is -0.331 e. The van der Waals surface area contributed by atoms with Crippen molar-refractivity contribution in [2.75, 3.05) is 27.2 Å². The van der Waals surface area contributed by atoms with Crippen LogP contribution >= 0.6 is 0 Å². The van der Waals surface area contributed by atoms with E-state index in [0.717, 1.165) is 25.7 Å². The molecule has 5 heteroatoms. The van der Waals surface area contributed by atoms with Gasteiger partial charge in [0.15, 0.2) is 0 Å². The Morgan fingerprint density at radius 3 is 2.32 bits per heavy atom. The Morgan fingerprint density at radius 2 is 1.65 bits per heavy atom. The van der Waals surface area contributed by atoms with Crippen LogP contribution in [0.15, 0.2) is 48.5 Å². The highest BCUT2D eigenvalue weighted by Crippen LogP contribution is 2.38. The summed E-state index contributed by atoms with van der Waals surface area (Å²) < 4.78 is 0. The Balaban J connectivity index is 1.54. The summed E-state index contributed by atoms with van der Waals surface area (Å²) in [5.41, 5.74) is 5.05. The first-order chi connectivity index (χ1) is 14.9. The molecule has 2 aromatic carbocycles. The van der Waals surface area contributed by atoms with Crippen molar-refractivity contribution in [2.45, 2.75) is 45.2 Å². The van der Waals surface area contributed by atoms with Crippen LogP contribution in [-0.2, 0) is 17.8 Å². The van der Waals surface area contributed by atoms with Crippen LogP contribution in [0.4, 0.5) is 4.79 Å². The second-order valence-electron chi connectivity index (χ2n) is 9.14. The number of fused-ring (bicyclic) bond motifs is 1. The molecule has 2 aliphatic rings. The molecule has 0 aromatic heterocycles. The molecule has 1 saturated heterocycles. The topological polar surface area (TPSA) is 43.9 Å². The number of hydrogen-bond acceptors (Lipinski definition) is 2. The number of hydrogen-bond donors (Lipinski definition) is 0. The fourth-order valence-corrected chi connectivity index (χ4v) is 4.93. The van der Waals surface area contributed by atoms with E-state index < -0.39 is 0 Å². The van der Waals surface area contributed by atoms with E-state index in [2.05, 4.69) is 60.4 Å². The number of piperidine rings is 1. The van der Waals surface area contributed by atoms with Crippen LogP contribution in [0.1, 0.15) is 47.6 Å². The SMILES string of the molecule is Cc1ccc(CN(C(=O)C2CCN(C(=O)N(C)C)CC2)C2CCc3ccccc32)cc1. The summed E-state index contributed by atoms with van der Waals surface area (Å²) in [5, 5.41) is 0. The van der Waals surface area contributed by atoms with Crippen molar-refractivity contribution in [3.05, 3.63) is 70.8 Å². The summed E-state index contributed by atoms with van der Waals surface area (Å²) in [4.78, 5) is 31.7. The van der Waals surface area contributed by atoms with Gasteiger partial charge in [0.1, 0.15) is 0 Å². The summed E-state index contributed by atoms with van der Waals surface area (Å²) in [7, 11) is 3.56. The van der Waals surface area contributed by atoms with Gasteiger partial charge >= 0.3 is 6.03 Å². The largest absolute Gasteiger partial charge is 0.331 e. The number of rotatable bonds is 4. The molecule has 5 nitrogen and oxygen atoms in total. The zero-order valence-electron chi connectivity index (χ0n) is 18.9. The molecule has 2 aromatic rings. The second kappa shape index (κ2) is 9.13.